The third-order valence-corrected chi connectivity index (χ3v) is 2.30. The fraction of sp³-hybridized carbons (Fsp3) is 0.778. The first kappa shape index (κ1) is 9.15. The molecular weight excluding hydrogens is 172 g/mol. The van der Waals surface area contributed by atoms with E-state index in [-0.39, 0.29) is 12.2 Å². The summed E-state index contributed by atoms with van der Waals surface area (Å²) in [4.78, 5) is 0. The summed E-state index contributed by atoms with van der Waals surface area (Å²) >= 11 is 0. The average Bonchev–Trinajstić information content (AvgIpc) is 2.47. The van der Waals surface area contributed by atoms with E-state index in [4.69, 9.17) is 14.2 Å². The van der Waals surface area contributed by atoms with E-state index in [0.717, 1.165) is 0 Å². The van der Waals surface area contributed by atoms with Crippen molar-refractivity contribution in [3.05, 3.63) is 12.7 Å². The molecule has 2 saturated heterocycles. The van der Waals surface area contributed by atoms with Gasteiger partial charge in [-0.15, -0.1) is 6.58 Å². The zero-order valence-corrected chi connectivity index (χ0v) is 7.77. The van der Waals surface area contributed by atoms with Gasteiger partial charge >= 0.3 is 0 Å². The van der Waals surface area contributed by atoms with Gasteiger partial charge in [-0.25, -0.2) is 0 Å². The molecule has 74 valence electrons. The maximum atomic E-state index is 9.46. The molecule has 4 nitrogen and oxygen atoms in total. The molecule has 0 radical (unpaired) electrons. The quantitative estimate of drug-likeness (QED) is 0.602. The Balaban J connectivity index is 2.17. The van der Waals surface area contributed by atoms with Crippen LogP contribution in [0.4, 0.5) is 0 Å². The van der Waals surface area contributed by atoms with Crippen LogP contribution in [0.2, 0.25) is 0 Å². The first-order chi connectivity index (χ1) is 6.03. The number of hydrogen-bond donors (Lipinski definition) is 1. The number of rotatable bonds is 1. The lowest BCUT2D eigenvalue weighted by Crippen LogP contribution is -2.29. The number of aliphatic hydroxyl groups is 1. The molecule has 0 aromatic rings. The van der Waals surface area contributed by atoms with Gasteiger partial charge in [0.1, 0.15) is 18.3 Å². The predicted molar refractivity (Wildman–Crippen MR) is 44.9 cm³/mol. The lowest BCUT2D eigenvalue weighted by molar-refractivity contribution is -0.214. The van der Waals surface area contributed by atoms with E-state index in [0.29, 0.717) is 0 Å². The van der Waals surface area contributed by atoms with E-state index in [9.17, 15) is 5.11 Å². The summed E-state index contributed by atoms with van der Waals surface area (Å²) in [5, 5.41) is 9.46. The standard InChI is InChI=1S/C9H14O4/c1-4-5-6-7(8(10)11-5)13-9(2,3)12-6/h4-8,10H,1H2,2-3H3/t5-,6-,7-,8?/m0/s1. The molecule has 2 aliphatic heterocycles. The van der Waals surface area contributed by atoms with E-state index in [1.165, 1.54) is 0 Å². The van der Waals surface area contributed by atoms with Crippen molar-refractivity contribution >= 4 is 0 Å². The number of fused-ring (bicyclic) bond motifs is 1. The second kappa shape index (κ2) is 2.78. The van der Waals surface area contributed by atoms with Gasteiger partial charge in [-0.2, -0.15) is 0 Å². The SMILES string of the molecule is C=C[C@@H]1OC(O)[C@H]2OC(C)(C)O[C@@H]12. The highest BCUT2D eigenvalue weighted by atomic mass is 16.8. The predicted octanol–water partition coefficient (Wildman–Crippen LogP) is 0.410. The van der Waals surface area contributed by atoms with Crippen molar-refractivity contribution in [1.29, 1.82) is 0 Å². The molecule has 13 heavy (non-hydrogen) atoms. The van der Waals surface area contributed by atoms with Crippen LogP contribution in [-0.4, -0.2) is 35.5 Å². The van der Waals surface area contributed by atoms with Crippen LogP contribution in [0.25, 0.3) is 0 Å². The van der Waals surface area contributed by atoms with Crippen molar-refractivity contribution < 1.29 is 19.3 Å². The fourth-order valence-corrected chi connectivity index (χ4v) is 1.80. The number of ether oxygens (including phenoxy) is 3. The topological polar surface area (TPSA) is 47.9 Å². The molecule has 0 aliphatic carbocycles. The summed E-state index contributed by atoms with van der Waals surface area (Å²) in [6.07, 6.45) is -0.185. The van der Waals surface area contributed by atoms with Gasteiger partial charge in [0.05, 0.1) is 0 Å². The molecule has 0 aromatic heterocycles. The zero-order chi connectivity index (χ0) is 9.64. The second-order valence-electron chi connectivity index (χ2n) is 3.79. The summed E-state index contributed by atoms with van der Waals surface area (Å²) in [5.74, 6) is -0.638. The van der Waals surface area contributed by atoms with Gasteiger partial charge in [0.25, 0.3) is 0 Å². The third-order valence-electron chi connectivity index (χ3n) is 2.30. The van der Waals surface area contributed by atoms with Gasteiger partial charge in [-0.05, 0) is 13.8 Å². The molecule has 4 atom stereocenters. The van der Waals surface area contributed by atoms with Gasteiger partial charge in [0, 0.05) is 0 Å². The molecule has 0 amide bonds. The van der Waals surface area contributed by atoms with Crippen LogP contribution in [-0.2, 0) is 14.2 Å². The molecule has 0 saturated carbocycles. The Morgan fingerprint density at radius 3 is 2.54 bits per heavy atom. The largest absolute Gasteiger partial charge is 0.366 e. The highest BCUT2D eigenvalue weighted by Gasteiger charge is 2.53. The minimum Gasteiger partial charge on any atom is -0.366 e. The molecule has 0 spiro atoms. The molecule has 1 N–H and O–H groups in total. The Morgan fingerprint density at radius 1 is 1.31 bits per heavy atom. The van der Waals surface area contributed by atoms with Gasteiger partial charge in [-0.3, -0.25) is 0 Å². The van der Waals surface area contributed by atoms with E-state index >= 15 is 0 Å². The van der Waals surface area contributed by atoms with E-state index in [1.54, 1.807) is 6.08 Å². The summed E-state index contributed by atoms with van der Waals surface area (Å²) < 4.78 is 16.2. The number of hydrogen-bond acceptors (Lipinski definition) is 4. The highest BCUT2D eigenvalue weighted by Crippen LogP contribution is 2.37. The summed E-state index contributed by atoms with van der Waals surface area (Å²) in [7, 11) is 0. The summed E-state index contributed by atoms with van der Waals surface area (Å²) in [5.41, 5.74) is 0. The highest BCUT2D eigenvalue weighted by molar-refractivity contribution is 5.01. The van der Waals surface area contributed by atoms with Crippen LogP contribution in [0.15, 0.2) is 12.7 Å². The number of aliphatic hydroxyl groups excluding tert-OH is 1. The molecule has 4 heteroatoms. The van der Waals surface area contributed by atoms with E-state index in [2.05, 4.69) is 6.58 Å². The van der Waals surface area contributed by atoms with Gasteiger partial charge in [0.15, 0.2) is 12.1 Å². The molecule has 0 aromatic carbocycles. The molecule has 2 heterocycles. The van der Waals surface area contributed by atoms with Crippen molar-refractivity contribution in [1.82, 2.24) is 0 Å². The van der Waals surface area contributed by atoms with E-state index < -0.39 is 18.2 Å². The first-order valence-electron chi connectivity index (χ1n) is 4.35. The van der Waals surface area contributed by atoms with Gasteiger partial charge < -0.3 is 19.3 Å². The molecule has 1 unspecified atom stereocenters. The van der Waals surface area contributed by atoms with Gasteiger partial charge in [0.2, 0.25) is 0 Å². The molecule has 2 fully saturated rings. The molecular formula is C9H14O4. The Labute approximate surface area is 77.1 Å². The van der Waals surface area contributed by atoms with Crippen molar-refractivity contribution in [2.45, 2.75) is 44.2 Å². The zero-order valence-electron chi connectivity index (χ0n) is 7.77. The van der Waals surface area contributed by atoms with Gasteiger partial charge in [-0.1, -0.05) is 6.08 Å². The first-order valence-corrected chi connectivity index (χ1v) is 4.35. The normalized spacial score (nSPS) is 47.6. The van der Waals surface area contributed by atoms with Crippen molar-refractivity contribution in [2.75, 3.05) is 0 Å². The lowest BCUT2D eigenvalue weighted by atomic mass is 10.1. The van der Waals surface area contributed by atoms with Crippen LogP contribution < -0.4 is 0 Å². The van der Waals surface area contributed by atoms with Crippen LogP contribution >= 0.6 is 0 Å². The van der Waals surface area contributed by atoms with Crippen LogP contribution in [0.1, 0.15) is 13.8 Å². The average molecular weight is 186 g/mol. The second-order valence-corrected chi connectivity index (χ2v) is 3.79. The van der Waals surface area contributed by atoms with Crippen LogP contribution in [0.3, 0.4) is 0 Å². The molecule has 2 rings (SSSR count). The van der Waals surface area contributed by atoms with Crippen molar-refractivity contribution in [3.8, 4) is 0 Å². The van der Waals surface area contributed by atoms with E-state index in [1.807, 2.05) is 13.8 Å². The molecule has 2 aliphatic rings. The van der Waals surface area contributed by atoms with Crippen LogP contribution in [0.5, 0.6) is 0 Å². The molecule has 0 bridgehead atoms. The Hall–Kier alpha value is -0.420. The third kappa shape index (κ3) is 1.40. The smallest absolute Gasteiger partial charge is 0.184 e. The fourth-order valence-electron chi connectivity index (χ4n) is 1.80. The van der Waals surface area contributed by atoms with Crippen LogP contribution in [0, 0.1) is 0 Å². The Kier molecular flexibility index (Phi) is 1.96. The minimum atomic E-state index is -0.908. The van der Waals surface area contributed by atoms with Crippen molar-refractivity contribution in [2.24, 2.45) is 0 Å². The minimum absolute atomic E-state index is 0.234. The maximum absolute atomic E-state index is 9.46. The lowest BCUT2D eigenvalue weighted by Gasteiger charge is -2.21. The maximum Gasteiger partial charge on any atom is 0.184 e. The Bertz CT molecular complexity index is 226. The monoisotopic (exact) mass is 186 g/mol. The summed E-state index contributed by atoms with van der Waals surface area (Å²) in [6, 6.07) is 0. The summed E-state index contributed by atoms with van der Waals surface area (Å²) in [6.45, 7) is 7.25. The van der Waals surface area contributed by atoms with Crippen molar-refractivity contribution in [3.63, 3.8) is 0 Å². The Morgan fingerprint density at radius 2 is 1.92 bits per heavy atom.